The summed E-state index contributed by atoms with van der Waals surface area (Å²) in [7, 11) is 0. The van der Waals surface area contributed by atoms with Crippen molar-refractivity contribution in [2.45, 2.75) is 31.6 Å². The molecule has 1 rings (SSSR count). The van der Waals surface area contributed by atoms with Gasteiger partial charge in [-0.15, -0.1) is 0 Å². The van der Waals surface area contributed by atoms with Gasteiger partial charge in [-0.05, 0) is 18.9 Å². The van der Waals surface area contributed by atoms with Crippen molar-refractivity contribution in [1.82, 2.24) is 5.32 Å². The molecule has 0 aromatic heterocycles. The fraction of sp³-hybridized carbons (Fsp3) is 0.462. The minimum Gasteiger partial charge on any atom is -0.348 e. The van der Waals surface area contributed by atoms with E-state index in [9.17, 15) is 13.6 Å². The van der Waals surface area contributed by atoms with Crippen molar-refractivity contribution >= 4 is 21.8 Å². The number of alkyl halides is 1. The van der Waals surface area contributed by atoms with E-state index in [1.807, 2.05) is 13.8 Å². The van der Waals surface area contributed by atoms with Crippen molar-refractivity contribution in [2.24, 2.45) is 5.92 Å². The Morgan fingerprint density at radius 2 is 1.89 bits per heavy atom. The van der Waals surface area contributed by atoms with Gasteiger partial charge in [0.15, 0.2) is 0 Å². The average molecular weight is 320 g/mol. The molecule has 2 atom stereocenters. The maximum Gasteiger partial charge on any atom is 0.234 e. The van der Waals surface area contributed by atoms with Gasteiger partial charge in [0.05, 0.1) is 10.9 Å². The molecule has 1 amide bonds. The summed E-state index contributed by atoms with van der Waals surface area (Å²) in [5.74, 6) is -1.36. The Morgan fingerprint density at radius 1 is 1.28 bits per heavy atom. The third-order valence-electron chi connectivity index (χ3n) is 2.62. The standard InChI is InChI=1S/C13H16BrF2NO/c1-7(2)12(14)13(18)17-8(3)10-5-4-9(15)6-11(10)16/h4-8,12H,1-3H3,(H,17,18). The molecule has 1 aromatic carbocycles. The zero-order chi connectivity index (χ0) is 13.9. The molecule has 2 unspecified atom stereocenters. The van der Waals surface area contributed by atoms with E-state index >= 15 is 0 Å². The van der Waals surface area contributed by atoms with Gasteiger partial charge in [-0.3, -0.25) is 4.79 Å². The zero-order valence-corrected chi connectivity index (χ0v) is 12.1. The number of carbonyl (C=O) groups excluding carboxylic acids is 1. The maximum absolute atomic E-state index is 13.5. The number of carbonyl (C=O) groups is 1. The third-order valence-corrected chi connectivity index (χ3v) is 4.10. The highest BCUT2D eigenvalue weighted by Gasteiger charge is 2.21. The molecule has 0 bridgehead atoms. The second-order valence-corrected chi connectivity index (χ2v) is 5.53. The Bertz CT molecular complexity index is 437. The number of amides is 1. The van der Waals surface area contributed by atoms with Crippen LogP contribution in [0.4, 0.5) is 8.78 Å². The lowest BCUT2D eigenvalue weighted by molar-refractivity contribution is -0.121. The van der Waals surface area contributed by atoms with Crippen LogP contribution in [-0.4, -0.2) is 10.7 Å². The second-order valence-electron chi connectivity index (χ2n) is 4.54. The van der Waals surface area contributed by atoms with Crippen LogP contribution in [0.1, 0.15) is 32.4 Å². The molecule has 0 saturated carbocycles. The van der Waals surface area contributed by atoms with Crippen LogP contribution in [0.15, 0.2) is 18.2 Å². The van der Waals surface area contributed by atoms with Gasteiger partial charge in [0.25, 0.3) is 0 Å². The summed E-state index contributed by atoms with van der Waals surface area (Å²) in [6.45, 7) is 5.47. The molecule has 1 aromatic rings. The Hall–Kier alpha value is -0.970. The fourth-order valence-corrected chi connectivity index (χ4v) is 1.66. The molecule has 0 heterocycles. The van der Waals surface area contributed by atoms with Gasteiger partial charge in [0, 0.05) is 11.6 Å². The molecule has 0 spiro atoms. The lowest BCUT2D eigenvalue weighted by Crippen LogP contribution is -2.35. The number of rotatable bonds is 4. The normalized spacial score (nSPS) is 14.4. The highest BCUT2D eigenvalue weighted by atomic mass is 79.9. The van der Waals surface area contributed by atoms with Gasteiger partial charge < -0.3 is 5.32 Å². The summed E-state index contributed by atoms with van der Waals surface area (Å²) in [6, 6.07) is 2.83. The van der Waals surface area contributed by atoms with E-state index in [1.54, 1.807) is 6.92 Å². The van der Waals surface area contributed by atoms with Crippen LogP contribution in [0.3, 0.4) is 0 Å². The first-order chi connectivity index (χ1) is 8.32. The van der Waals surface area contributed by atoms with E-state index in [1.165, 1.54) is 12.1 Å². The summed E-state index contributed by atoms with van der Waals surface area (Å²) in [5.41, 5.74) is 0.271. The van der Waals surface area contributed by atoms with E-state index in [0.717, 1.165) is 6.07 Å². The topological polar surface area (TPSA) is 29.1 Å². The molecule has 0 aliphatic rings. The predicted octanol–water partition coefficient (Wildman–Crippen LogP) is 3.56. The molecular weight excluding hydrogens is 304 g/mol. The van der Waals surface area contributed by atoms with Gasteiger partial charge in [-0.2, -0.15) is 0 Å². The maximum atomic E-state index is 13.5. The Labute approximate surface area is 114 Å². The van der Waals surface area contributed by atoms with Gasteiger partial charge >= 0.3 is 0 Å². The SMILES string of the molecule is CC(NC(=O)C(Br)C(C)C)c1ccc(F)cc1F. The second kappa shape index (κ2) is 6.27. The minimum absolute atomic E-state index is 0.135. The summed E-state index contributed by atoms with van der Waals surface area (Å²) < 4.78 is 26.3. The molecule has 18 heavy (non-hydrogen) atoms. The van der Waals surface area contributed by atoms with Crippen molar-refractivity contribution in [3.63, 3.8) is 0 Å². The van der Waals surface area contributed by atoms with Crippen molar-refractivity contribution in [3.8, 4) is 0 Å². The van der Waals surface area contributed by atoms with E-state index in [2.05, 4.69) is 21.2 Å². The lowest BCUT2D eigenvalue weighted by Gasteiger charge is -2.19. The number of benzene rings is 1. The van der Waals surface area contributed by atoms with Gasteiger partial charge in [-0.25, -0.2) is 8.78 Å². The first-order valence-electron chi connectivity index (χ1n) is 5.72. The molecule has 100 valence electrons. The summed E-state index contributed by atoms with van der Waals surface area (Å²) >= 11 is 3.27. The summed E-state index contributed by atoms with van der Waals surface area (Å²) in [5, 5.41) is 2.69. The summed E-state index contributed by atoms with van der Waals surface area (Å²) in [4.78, 5) is 11.5. The molecule has 0 saturated heterocycles. The van der Waals surface area contributed by atoms with Crippen molar-refractivity contribution in [1.29, 1.82) is 0 Å². The lowest BCUT2D eigenvalue weighted by atomic mass is 10.1. The quantitative estimate of drug-likeness (QED) is 0.845. The van der Waals surface area contributed by atoms with Gasteiger partial charge in [-0.1, -0.05) is 35.8 Å². The van der Waals surface area contributed by atoms with E-state index in [4.69, 9.17) is 0 Å². The highest BCUT2D eigenvalue weighted by Crippen LogP contribution is 2.19. The van der Waals surface area contributed by atoms with Crippen molar-refractivity contribution < 1.29 is 13.6 Å². The highest BCUT2D eigenvalue weighted by molar-refractivity contribution is 9.10. The van der Waals surface area contributed by atoms with Crippen LogP contribution in [0.2, 0.25) is 0 Å². The van der Waals surface area contributed by atoms with E-state index < -0.39 is 17.7 Å². The van der Waals surface area contributed by atoms with Gasteiger partial charge in [0.2, 0.25) is 5.91 Å². The van der Waals surface area contributed by atoms with Crippen molar-refractivity contribution in [3.05, 3.63) is 35.4 Å². The largest absolute Gasteiger partial charge is 0.348 e. The third kappa shape index (κ3) is 3.77. The zero-order valence-electron chi connectivity index (χ0n) is 10.5. The molecule has 5 heteroatoms. The molecule has 0 aliphatic heterocycles. The smallest absolute Gasteiger partial charge is 0.234 e. The van der Waals surface area contributed by atoms with Crippen LogP contribution in [0, 0.1) is 17.6 Å². The van der Waals surface area contributed by atoms with Gasteiger partial charge in [0.1, 0.15) is 11.6 Å². The van der Waals surface area contributed by atoms with E-state index in [0.29, 0.717) is 0 Å². The number of hydrogen-bond acceptors (Lipinski definition) is 1. The molecule has 1 N–H and O–H groups in total. The first-order valence-corrected chi connectivity index (χ1v) is 6.64. The van der Waals surface area contributed by atoms with E-state index in [-0.39, 0.29) is 22.2 Å². The Balaban J connectivity index is 2.76. The van der Waals surface area contributed by atoms with Crippen LogP contribution < -0.4 is 5.32 Å². The fourth-order valence-electron chi connectivity index (χ4n) is 1.53. The monoisotopic (exact) mass is 319 g/mol. The summed E-state index contributed by atoms with van der Waals surface area (Å²) in [6.07, 6.45) is 0. The van der Waals surface area contributed by atoms with Crippen LogP contribution in [0.25, 0.3) is 0 Å². The van der Waals surface area contributed by atoms with Crippen molar-refractivity contribution in [2.75, 3.05) is 0 Å². The number of nitrogens with one attached hydrogen (secondary N) is 1. The molecule has 2 nitrogen and oxygen atoms in total. The number of halogens is 3. The van der Waals surface area contributed by atoms with Crippen LogP contribution in [0.5, 0.6) is 0 Å². The average Bonchev–Trinajstić information content (AvgIpc) is 2.27. The molecule has 0 aliphatic carbocycles. The predicted molar refractivity (Wildman–Crippen MR) is 70.5 cm³/mol. The first kappa shape index (κ1) is 15.1. The van der Waals surface area contributed by atoms with Crippen LogP contribution in [-0.2, 0) is 4.79 Å². The minimum atomic E-state index is -0.654. The molecule has 0 radical (unpaired) electrons. The molecular formula is C13H16BrF2NO. The Kier molecular flexibility index (Phi) is 5.26. The van der Waals surface area contributed by atoms with Crippen LogP contribution >= 0.6 is 15.9 Å². The number of hydrogen-bond donors (Lipinski definition) is 1. The molecule has 0 fully saturated rings. The Morgan fingerprint density at radius 3 is 2.39 bits per heavy atom.